The van der Waals surface area contributed by atoms with Gasteiger partial charge >= 0.3 is 0 Å². The molecule has 1 aliphatic rings. The number of nitrogen functional groups attached to an aromatic ring is 1. The number of aromatic nitrogens is 6. The molecule has 1 aliphatic heterocycles. The monoisotopic (exact) mass is 630 g/mol. The van der Waals surface area contributed by atoms with Crippen molar-refractivity contribution in [3.63, 3.8) is 0 Å². The van der Waals surface area contributed by atoms with Gasteiger partial charge in [-0.2, -0.15) is 14.1 Å². The fourth-order valence-electron chi connectivity index (χ4n) is 5.96. The van der Waals surface area contributed by atoms with Gasteiger partial charge in [-0.05, 0) is 73.2 Å². The molecule has 0 aliphatic carbocycles. The maximum atomic E-state index is 13.6. The molecule has 0 bridgehead atoms. The first-order chi connectivity index (χ1) is 21.6. The molecule has 0 saturated carbocycles. The third kappa shape index (κ3) is 5.68. The number of aryl methyl sites for hydroxylation is 3. The lowest BCUT2D eigenvalue weighted by Crippen LogP contribution is -2.34. The van der Waals surface area contributed by atoms with E-state index in [0.717, 1.165) is 38.9 Å². The number of rotatable bonds is 8. The van der Waals surface area contributed by atoms with Crippen molar-refractivity contribution in [3.8, 4) is 5.88 Å². The molecule has 2 aromatic carbocycles. The maximum absolute atomic E-state index is 13.6. The summed E-state index contributed by atoms with van der Waals surface area (Å²) in [4.78, 5) is 18.1. The molecule has 3 aromatic heterocycles. The van der Waals surface area contributed by atoms with Gasteiger partial charge in [-0.15, -0.1) is 15.9 Å². The molecule has 0 amide bonds. The standard InChI is InChI=1S/C32H38N8O4S/c1-5-24-19-38(45(42,43)28-8-7-14-34-32(28)44-24)18-23-16-22(10-9-20(23)3)26(17-30(41)40-29(33)13-15-35-40)25-11-12-27-31(21(25)4)36-37-39(27)6-2/h7-16,24,26,42-43H,5-6,17-19,33H2,1-4H3/t24-,26+/m1/s1. The Balaban J connectivity index is 1.42. The van der Waals surface area contributed by atoms with E-state index in [-0.39, 0.29) is 47.5 Å². The van der Waals surface area contributed by atoms with E-state index < -0.39 is 10.8 Å². The van der Waals surface area contributed by atoms with Gasteiger partial charge < -0.3 is 10.5 Å². The molecule has 236 valence electrons. The summed E-state index contributed by atoms with van der Waals surface area (Å²) < 4.78 is 34.0. The lowest BCUT2D eigenvalue weighted by molar-refractivity contribution is 0.0884. The number of benzene rings is 2. The number of anilines is 1. The van der Waals surface area contributed by atoms with Gasteiger partial charge in [-0.1, -0.05) is 36.4 Å². The zero-order valence-electron chi connectivity index (χ0n) is 25.8. The van der Waals surface area contributed by atoms with Crippen LogP contribution in [-0.2, 0) is 13.1 Å². The molecule has 0 saturated heterocycles. The molecule has 45 heavy (non-hydrogen) atoms. The summed E-state index contributed by atoms with van der Waals surface area (Å²) in [6.45, 7) is 9.28. The minimum atomic E-state index is -3.40. The van der Waals surface area contributed by atoms with E-state index in [4.69, 9.17) is 10.5 Å². The highest BCUT2D eigenvalue weighted by atomic mass is 32.3. The lowest BCUT2D eigenvalue weighted by atomic mass is 9.84. The van der Waals surface area contributed by atoms with Crippen molar-refractivity contribution in [2.24, 2.45) is 0 Å². The number of hydrogen-bond acceptors (Lipinski definition) is 10. The van der Waals surface area contributed by atoms with Gasteiger partial charge in [0.05, 0.1) is 18.3 Å². The van der Waals surface area contributed by atoms with E-state index >= 15 is 0 Å². The summed E-state index contributed by atoms with van der Waals surface area (Å²) in [7, 11) is -3.40. The minimum Gasteiger partial charge on any atom is -0.472 e. The van der Waals surface area contributed by atoms with Gasteiger partial charge in [-0.3, -0.25) is 13.9 Å². The highest BCUT2D eigenvalue weighted by Crippen LogP contribution is 2.57. The molecule has 0 radical (unpaired) electrons. The Labute approximate surface area is 263 Å². The number of carbonyl (C=O) groups is 1. The fraction of sp³-hybridized carbons (Fsp3) is 0.344. The first kappa shape index (κ1) is 30.7. The normalized spacial score (nSPS) is 17.8. The largest absolute Gasteiger partial charge is 0.472 e. The van der Waals surface area contributed by atoms with Crippen molar-refractivity contribution in [2.45, 2.75) is 70.5 Å². The number of ether oxygens (including phenoxy) is 1. The minimum absolute atomic E-state index is 0.104. The fourth-order valence-corrected chi connectivity index (χ4v) is 7.53. The number of fused-ring (bicyclic) bond motifs is 2. The zero-order chi connectivity index (χ0) is 31.9. The first-order valence-electron chi connectivity index (χ1n) is 15.0. The molecule has 12 nitrogen and oxygen atoms in total. The van der Waals surface area contributed by atoms with Crippen molar-refractivity contribution in [3.05, 3.63) is 88.7 Å². The molecule has 0 spiro atoms. The maximum Gasteiger partial charge on any atom is 0.249 e. The number of hydrogen-bond donors (Lipinski definition) is 3. The molecule has 6 rings (SSSR count). The molecular formula is C32H38N8O4S. The third-order valence-corrected chi connectivity index (χ3v) is 10.5. The van der Waals surface area contributed by atoms with Crippen LogP contribution in [0.1, 0.15) is 65.2 Å². The Morgan fingerprint density at radius 1 is 1.13 bits per heavy atom. The molecule has 0 fully saturated rings. The Morgan fingerprint density at radius 3 is 2.69 bits per heavy atom. The second-order valence-corrected chi connectivity index (χ2v) is 13.3. The van der Waals surface area contributed by atoms with E-state index in [1.54, 1.807) is 28.7 Å². The van der Waals surface area contributed by atoms with Crippen LogP contribution in [0.4, 0.5) is 5.82 Å². The summed E-state index contributed by atoms with van der Waals surface area (Å²) in [5.41, 5.74) is 12.4. The van der Waals surface area contributed by atoms with Gasteiger partial charge in [0.1, 0.15) is 22.3 Å². The zero-order valence-corrected chi connectivity index (χ0v) is 26.6. The van der Waals surface area contributed by atoms with Gasteiger partial charge in [-0.25, -0.2) is 9.67 Å². The van der Waals surface area contributed by atoms with Crippen molar-refractivity contribution in [1.82, 2.24) is 34.1 Å². The van der Waals surface area contributed by atoms with Crippen molar-refractivity contribution in [1.29, 1.82) is 0 Å². The molecule has 5 aromatic rings. The average molecular weight is 631 g/mol. The van der Waals surface area contributed by atoms with E-state index in [1.807, 2.05) is 56.6 Å². The Morgan fingerprint density at radius 2 is 1.96 bits per heavy atom. The number of nitrogens with two attached hydrogens (primary N) is 1. The van der Waals surface area contributed by atoms with Crippen LogP contribution in [0.2, 0.25) is 0 Å². The van der Waals surface area contributed by atoms with Crippen LogP contribution in [0, 0.1) is 13.8 Å². The highest BCUT2D eigenvalue weighted by molar-refractivity contribution is 8.22. The second-order valence-electron chi connectivity index (χ2n) is 11.4. The van der Waals surface area contributed by atoms with Crippen LogP contribution in [0.15, 0.2) is 65.8 Å². The van der Waals surface area contributed by atoms with Crippen molar-refractivity contribution in [2.75, 3.05) is 12.3 Å². The number of nitrogens with zero attached hydrogens (tertiary/aromatic N) is 7. The van der Waals surface area contributed by atoms with Gasteiger partial charge in [0.15, 0.2) is 0 Å². The SMILES string of the molecule is CC[C@@H]1CN(Cc2cc([C@H](CC(=O)n3nccc3N)c3ccc4c(nnn4CC)c3C)ccc2C)S(O)(O)c2cccnc2O1. The molecule has 13 heteroatoms. The van der Waals surface area contributed by atoms with Crippen LogP contribution in [0.5, 0.6) is 5.88 Å². The summed E-state index contributed by atoms with van der Waals surface area (Å²) in [6.07, 6.45) is 3.60. The van der Waals surface area contributed by atoms with Crippen LogP contribution in [0.3, 0.4) is 0 Å². The summed E-state index contributed by atoms with van der Waals surface area (Å²) in [5, 5.41) is 12.9. The van der Waals surface area contributed by atoms with E-state index in [9.17, 15) is 13.9 Å². The summed E-state index contributed by atoms with van der Waals surface area (Å²) in [5.74, 6) is -0.0808. The van der Waals surface area contributed by atoms with Crippen molar-refractivity contribution >= 4 is 33.5 Å². The molecule has 4 heterocycles. The lowest BCUT2D eigenvalue weighted by Gasteiger charge is -2.41. The molecular weight excluding hydrogens is 592 g/mol. The van der Waals surface area contributed by atoms with Gasteiger partial charge in [0.2, 0.25) is 11.8 Å². The van der Waals surface area contributed by atoms with Crippen molar-refractivity contribution < 1.29 is 18.6 Å². The number of pyridine rings is 1. The van der Waals surface area contributed by atoms with E-state index in [2.05, 4.69) is 26.5 Å². The highest BCUT2D eigenvalue weighted by Gasteiger charge is 2.36. The molecule has 4 N–H and O–H groups in total. The Kier molecular flexibility index (Phi) is 8.35. The van der Waals surface area contributed by atoms with Crippen LogP contribution < -0.4 is 10.5 Å². The van der Waals surface area contributed by atoms with E-state index in [0.29, 0.717) is 19.5 Å². The van der Waals surface area contributed by atoms with Gasteiger partial charge in [0, 0.05) is 37.7 Å². The quantitative estimate of drug-likeness (QED) is 0.191. The number of carbonyl (C=O) groups excluding carboxylic acids is 1. The average Bonchev–Trinajstić information content (AvgIpc) is 3.64. The predicted molar refractivity (Wildman–Crippen MR) is 173 cm³/mol. The third-order valence-electron chi connectivity index (χ3n) is 8.60. The van der Waals surface area contributed by atoms with E-state index in [1.165, 1.54) is 10.9 Å². The molecule has 0 unspecified atom stereocenters. The molecule has 2 atom stereocenters. The Hall–Kier alpha value is -4.30. The van der Waals surface area contributed by atoms with Crippen LogP contribution in [-0.4, -0.2) is 61.7 Å². The smallest absolute Gasteiger partial charge is 0.249 e. The second kappa shape index (κ2) is 12.2. The predicted octanol–water partition coefficient (Wildman–Crippen LogP) is 5.80. The summed E-state index contributed by atoms with van der Waals surface area (Å²) in [6, 6.07) is 15.1. The van der Waals surface area contributed by atoms with Crippen LogP contribution >= 0.6 is 10.8 Å². The topological polar surface area (TPSA) is 157 Å². The van der Waals surface area contributed by atoms with Crippen LogP contribution in [0.25, 0.3) is 11.0 Å². The Bertz CT molecular complexity index is 1870. The van der Waals surface area contributed by atoms with Gasteiger partial charge in [0.25, 0.3) is 0 Å². The first-order valence-corrected chi connectivity index (χ1v) is 16.5. The summed E-state index contributed by atoms with van der Waals surface area (Å²) >= 11 is 0.